The van der Waals surface area contributed by atoms with E-state index in [9.17, 15) is 4.39 Å². The zero-order chi connectivity index (χ0) is 16.5. The van der Waals surface area contributed by atoms with Crippen LogP contribution >= 0.6 is 0 Å². The molecule has 0 radical (unpaired) electrons. The van der Waals surface area contributed by atoms with Crippen molar-refractivity contribution in [1.29, 1.82) is 0 Å². The fourth-order valence-corrected chi connectivity index (χ4v) is 2.87. The molecule has 1 aliphatic rings. The van der Waals surface area contributed by atoms with Gasteiger partial charge in [-0.05, 0) is 25.5 Å². The molecule has 0 aromatic carbocycles. The number of halogens is 1. The van der Waals surface area contributed by atoms with E-state index in [1.165, 1.54) is 12.4 Å². The van der Waals surface area contributed by atoms with E-state index in [4.69, 9.17) is 0 Å². The first-order valence-corrected chi connectivity index (χ1v) is 7.87. The maximum atomic E-state index is 13.0. The van der Waals surface area contributed by atoms with Gasteiger partial charge in [0.1, 0.15) is 5.82 Å². The van der Waals surface area contributed by atoms with Crippen LogP contribution in [0.1, 0.15) is 12.2 Å². The van der Waals surface area contributed by atoms with E-state index in [1.807, 2.05) is 19.1 Å². The first kappa shape index (κ1) is 14.7. The first-order valence-electron chi connectivity index (χ1n) is 7.87. The van der Waals surface area contributed by atoms with Crippen LogP contribution in [0.5, 0.6) is 0 Å². The monoisotopic (exact) mass is 328 g/mol. The van der Waals surface area contributed by atoms with E-state index in [1.54, 1.807) is 4.52 Å². The lowest BCUT2D eigenvalue weighted by Gasteiger charge is -2.22. The molecule has 3 aromatic heterocycles. The quantitative estimate of drug-likeness (QED) is 0.697. The Morgan fingerprint density at radius 3 is 2.54 bits per heavy atom. The third kappa shape index (κ3) is 2.72. The fraction of sp³-hybridized carbons (Fsp3) is 0.400. The highest BCUT2D eigenvalue weighted by molar-refractivity contribution is 5.46. The maximum absolute atomic E-state index is 13.0. The third-order valence-electron chi connectivity index (χ3n) is 4.11. The van der Waals surface area contributed by atoms with Crippen LogP contribution in [-0.4, -0.2) is 56.0 Å². The normalized spacial score (nSPS) is 15.8. The molecule has 1 saturated heterocycles. The largest absolute Gasteiger partial charge is 0.353 e. The van der Waals surface area contributed by atoms with Gasteiger partial charge in [-0.2, -0.15) is 4.52 Å². The molecule has 0 aliphatic carbocycles. The van der Waals surface area contributed by atoms with Crippen molar-refractivity contribution in [2.24, 2.45) is 0 Å². The van der Waals surface area contributed by atoms with E-state index in [2.05, 4.69) is 35.1 Å². The zero-order valence-corrected chi connectivity index (χ0v) is 13.3. The fourth-order valence-electron chi connectivity index (χ4n) is 2.87. The van der Waals surface area contributed by atoms with Crippen LogP contribution in [0.2, 0.25) is 0 Å². The SMILES string of the molecule is Cc1nnc2ccc(N3CCCN(c4ncc(F)cn4)CC3)nn12. The molecule has 124 valence electrons. The Morgan fingerprint density at radius 2 is 1.71 bits per heavy atom. The highest BCUT2D eigenvalue weighted by Gasteiger charge is 2.18. The van der Waals surface area contributed by atoms with Crippen molar-refractivity contribution in [3.63, 3.8) is 0 Å². The van der Waals surface area contributed by atoms with E-state index < -0.39 is 5.82 Å². The summed E-state index contributed by atoms with van der Waals surface area (Å²) in [7, 11) is 0. The van der Waals surface area contributed by atoms with Crippen LogP contribution in [-0.2, 0) is 0 Å². The summed E-state index contributed by atoms with van der Waals surface area (Å²) in [5.74, 6) is 1.81. The van der Waals surface area contributed by atoms with Crippen molar-refractivity contribution in [2.45, 2.75) is 13.3 Å². The van der Waals surface area contributed by atoms with Crippen molar-refractivity contribution < 1.29 is 4.39 Å². The minimum Gasteiger partial charge on any atom is -0.353 e. The number of rotatable bonds is 2. The molecule has 0 bridgehead atoms. The molecule has 8 nitrogen and oxygen atoms in total. The lowest BCUT2D eigenvalue weighted by atomic mass is 10.3. The van der Waals surface area contributed by atoms with Gasteiger partial charge in [-0.1, -0.05) is 0 Å². The van der Waals surface area contributed by atoms with Crippen LogP contribution in [0.4, 0.5) is 16.2 Å². The summed E-state index contributed by atoms with van der Waals surface area (Å²) in [4.78, 5) is 12.4. The Hall–Kier alpha value is -2.84. The number of anilines is 2. The van der Waals surface area contributed by atoms with Gasteiger partial charge in [-0.25, -0.2) is 14.4 Å². The Bertz CT molecular complexity index is 846. The Morgan fingerprint density at radius 1 is 0.958 bits per heavy atom. The standard InChI is InChI=1S/C15H17FN8/c1-11-19-20-13-3-4-14(21-24(11)13)22-5-2-6-23(8-7-22)15-17-9-12(16)10-18-15/h3-4,9-10H,2,5-8H2,1H3. The molecule has 4 rings (SSSR count). The minimum absolute atomic E-state index is 0.419. The summed E-state index contributed by atoms with van der Waals surface area (Å²) in [6.07, 6.45) is 3.35. The second-order valence-corrected chi connectivity index (χ2v) is 5.74. The number of nitrogens with zero attached hydrogens (tertiary/aromatic N) is 8. The molecule has 1 fully saturated rings. The van der Waals surface area contributed by atoms with Crippen LogP contribution < -0.4 is 9.80 Å². The summed E-state index contributed by atoms with van der Waals surface area (Å²) < 4.78 is 14.7. The number of fused-ring (bicyclic) bond motifs is 1. The van der Waals surface area contributed by atoms with Gasteiger partial charge >= 0.3 is 0 Å². The smallest absolute Gasteiger partial charge is 0.225 e. The second kappa shape index (κ2) is 5.99. The van der Waals surface area contributed by atoms with E-state index in [0.29, 0.717) is 5.95 Å². The van der Waals surface area contributed by atoms with E-state index in [-0.39, 0.29) is 0 Å². The molecule has 0 unspecified atom stereocenters. The molecule has 3 aromatic rings. The summed E-state index contributed by atoms with van der Waals surface area (Å²) in [6.45, 7) is 5.15. The average molecular weight is 328 g/mol. The molecule has 0 amide bonds. The first-order chi connectivity index (χ1) is 11.7. The molecule has 0 atom stereocenters. The van der Waals surface area contributed by atoms with Crippen LogP contribution in [0, 0.1) is 12.7 Å². The van der Waals surface area contributed by atoms with Crippen molar-refractivity contribution in [3.8, 4) is 0 Å². The van der Waals surface area contributed by atoms with Gasteiger partial charge in [0.15, 0.2) is 17.3 Å². The molecule has 9 heteroatoms. The van der Waals surface area contributed by atoms with Gasteiger partial charge in [0.05, 0.1) is 12.4 Å². The predicted octanol–water partition coefficient (Wildman–Crippen LogP) is 1.08. The summed E-state index contributed by atoms with van der Waals surface area (Å²) in [5, 5.41) is 12.7. The van der Waals surface area contributed by atoms with Crippen LogP contribution in [0.25, 0.3) is 5.65 Å². The van der Waals surface area contributed by atoms with Gasteiger partial charge in [-0.3, -0.25) is 0 Å². The molecule has 24 heavy (non-hydrogen) atoms. The Balaban J connectivity index is 1.53. The van der Waals surface area contributed by atoms with Gasteiger partial charge < -0.3 is 9.80 Å². The summed E-state index contributed by atoms with van der Waals surface area (Å²) in [5.41, 5.74) is 0.743. The average Bonchev–Trinajstić information content (AvgIpc) is 2.82. The molecular weight excluding hydrogens is 311 g/mol. The molecule has 0 spiro atoms. The van der Waals surface area contributed by atoms with Gasteiger partial charge in [0.25, 0.3) is 0 Å². The molecule has 0 saturated carbocycles. The Kier molecular flexibility index (Phi) is 3.68. The van der Waals surface area contributed by atoms with Gasteiger partial charge in [-0.15, -0.1) is 15.3 Å². The van der Waals surface area contributed by atoms with Gasteiger partial charge in [0.2, 0.25) is 5.95 Å². The van der Waals surface area contributed by atoms with Crippen LogP contribution in [0.15, 0.2) is 24.5 Å². The lowest BCUT2D eigenvalue weighted by Crippen LogP contribution is -2.32. The summed E-state index contributed by atoms with van der Waals surface area (Å²) in [6, 6.07) is 3.89. The van der Waals surface area contributed by atoms with Crippen LogP contribution in [0.3, 0.4) is 0 Å². The number of aryl methyl sites for hydroxylation is 1. The third-order valence-corrected chi connectivity index (χ3v) is 4.11. The highest BCUT2D eigenvalue weighted by atomic mass is 19.1. The van der Waals surface area contributed by atoms with E-state index in [0.717, 1.165) is 49.9 Å². The zero-order valence-electron chi connectivity index (χ0n) is 13.3. The molecular formula is C15H17FN8. The van der Waals surface area contributed by atoms with E-state index >= 15 is 0 Å². The lowest BCUT2D eigenvalue weighted by molar-refractivity contribution is 0.611. The van der Waals surface area contributed by atoms with Crippen molar-refractivity contribution in [1.82, 2.24) is 29.8 Å². The number of hydrogen-bond donors (Lipinski definition) is 0. The minimum atomic E-state index is -0.419. The van der Waals surface area contributed by atoms with Crippen molar-refractivity contribution in [2.75, 3.05) is 36.0 Å². The van der Waals surface area contributed by atoms with Gasteiger partial charge in [0, 0.05) is 26.2 Å². The molecule has 0 N–H and O–H groups in total. The number of hydrogen-bond acceptors (Lipinski definition) is 7. The highest BCUT2D eigenvalue weighted by Crippen LogP contribution is 2.17. The summed E-state index contributed by atoms with van der Waals surface area (Å²) >= 11 is 0. The molecule has 4 heterocycles. The predicted molar refractivity (Wildman–Crippen MR) is 86.6 cm³/mol. The topological polar surface area (TPSA) is 75.3 Å². The molecule has 1 aliphatic heterocycles. The second-order valence-electron chi connectivity index (χ2n) is 5.74. The van der Waals surface area contributed by atoms with Crippen molar-refractivity contribution in [3.05, 3.63) is 36.2 Å². The maximum Gasteiger partial charge on any atom is 0.225 e. The Labute approximate surface area is 138 Å². The van der Waals surface area contributed by atoms with Crippen molar-refractivity contribution >= 4 is 17.4 Å². The number of aromatic nitrogens is 6.